The Kier molecular flexibility index (Phi) is 5.09. The Balaban J connectivity index is 1.81. The molecule has 1 aromatic carbocycles. The van der Waals surface area contributed by atoms with Crippen LogP contribution < -0.4 is 5.32 Å². The van der Waals surface area contributed by atoms with Gasteiger partial charge in [-0.3, -0.25) is 0 Å². The highest BCUT2D eigenvalue weighted by Gasteiger charge is 2.32. The fourth-order valence-corrected chi connectivity index (χ4v) is 3.83. The summed E-state index contributed by atoms with van der Waals surface area (Å²) in [7, 11) is 0. The molecule has 0 spiro atoms. The molecule has 0 radical (unpaired) electrons. The third-order valence-electron chi connectivity index (χ3n) is 3.62. The third kappa shape index (κ3) is 3.99. The molecule has 1 unspecified atom stereocenters. The molecule has 3 aromatic rings. The zero-order chi connectivity index (χ0) is 18.2. The molecule has 2 aromatic heterocycles. The van der Waals surface area contributed by atoms with Gasteiger partial charge >= 0.3 is 6.18 Å². The maximum absolute atomic E-state index is 12.8. The Bertz CT molecular complexity index is 888. The summed E-state index contributed by atoms with van der Waals surface area (Å²) in [6.07, 6.45) is -2.67. The lowest BCUT2D eigenvalue weighted by atomic mass is 10.0. The summed E-state index contributed by atoms with van der Waals surface area (Å²) in [5.74, 6) is 0.665. The SMILES string of the molecule is CC(Cc1c(Cl)cc(C(F)(F)F)cc1Cl)Nc1ncnc2sccc12. The molecule has 0 amide bonds. The summed E-state index contributed by atoms with van der Waals surface area (Å²) in [5, 5.41) is 6.04. The number of nitrogens with one attached hydrogen (secondary N) is 1. The molecule has 0 aliphatic rings. The number of hydrogen-bond acceptors (Lipinski definition) is 4. The summed E-state index contributed by atoms with van der Waals surface area (Å²) in [5.41, 5.74) is -0.394. The average Bonchev–Trinajstić information content (AvgIpc) is 2.99. The smallest absolute Gasteiger partial charge is 0.367 e. The molecule has 2 heterocycles. The maximum atomic E-state index is 12.8. The zero-order valence-corrected chi connectivity index (χ0v) is 15.2. The number of anilines is 1. The highest BCUT2D eigenvalue weighted by atomic mass is 35.5. The Morgan fingerprint density at radius 1 is 1.20 bits per heavy atom. The van der Waals surface area contributed by atoms with Crippen LogP contribution in [0.1, 0.15) is 18.1 Å². The van der Waals surface area contributed by atoms with Crippen molar-refractivity contribution in [2.75, 3.05) is 5.32 Å². The van der Waals surface area contributed by atoms with E-state index in [4.69, 9.17) is 23.2 Å². The fourth-order valence-electron chi connectivity index (χ4n) is 2.46. The van der Waals surface area contributed by atoms with Crippen molar-refractivity contribution in [3.05, 3.63) is 51.1 Å². The van der Waals surface area contributed by atoms with Gasteiger partial charge in [-0.25, -0.2) is 9.97 Å². The predicted octanol–water partition coefficient (Wildman–Crippen LogP) is 6.06. The van der Waals surface area contributed by atoms with Gasteiger partial charge in [0.2, 0.25) is 0 Å². The number of benzene rings is 1. The quantitative estimate of drug-likeness (QED) is 0.572. The number of halogens is 5. The molecular weight excluding hydrogens is 394 g/mol. The minimum Gasteiger partial charge on any atom is -0.367 e. The van der Waals surface area contributed by atoms with Crippen molar-refractivity contribution >= 4 is 50.6 Å². The maximum Gasteiger partial charge on any atom is 0.416 e. The summed E-state index contributed by atoms with van der Waals surface area (Å²) < 4.78 is 38.4. The number of aromatic nitrogens is 2. The van der Waals surface area contributed by atoms with Crippen molar-refractivity contribution < 1.29 is 13.2 Å². The van der Waals surface area contributed by atoms with Crippen LogP contribution in [0.15, 0.2) is 29.9 Å². The van der Waals surface area contributed by atoms with E-state index in [0.29, 0.717) is 17.8 Å². The zero-order valence-electron chi connectivity index (χ0n) is 12.9. The second-order valence-corrected chi connectivity index (χ2v) is 7.24. The molecule has 25 heavy (non-hydrogen) atoms. The topological polar surface area (TPSA) is 37.8 Å². The Morgan fingerprint density at radius 3 is 2.52 bits per heavy atom. The third-order valence-corrected chi connectivity index (χ3v) is 5.12. The summed E-state index contributed by atoms with van der Waals surface area (Å²) in [4.78, 5) is 9.25. The first-order valence-corrected chi connectivity index (χ1v) is 8.89. The van der Waals surface area contributed by atoms with Gasteiger partial charge in [0.15, 0.2) is 0 Å². The van der Waals surface area contributed by atoms with Gasteiger partial charge < -0.3 is 5.32 Å². The van der Waals surface area contributed by atoms with Gasteiger partial charge in [0.1, 0.15) is 17.0 Å². The first-order valence-electron chi connectivity index (χ1n) is 7.25. The van der Waals surface area contributed by atoms with Crippen LogP contribution in [0.5, 0.6) is 0 Å². The van der Waals surface area contributed by atoms with Crippen molar-refractivity contribution in [1.82, 2.24) is 9.97 Å². The second kappa shape index (κ2) is 6.97. The largest absolute Gasteiger partial charge is 0.416 e. The summed E-state index contributed by atoms with van der Waals surface area (Å²) >= 11 is 13.6. The van der Waals surface area contributed by atoms with Gasteiger partial charge in [0, 0.05) is 16.1 Å². The highest BCUT2D eigenvalue weighted by Crippen LogP contribution is 2.36. The van der Waals surface area contributed by atoms with E-state index in [0.717, 1.165) is 22.3 Å². The van der Waals surface area contributed by atoms with Crippen molar-refractivity contribution in [1.29, 1.82) is 0 Å². The van der Waals surface area contributed by atoms with E-state index in [2.05, 4.69) is 15.3 Å². The highest BCUT2D eigenvalue weighted by molar-refractivity contribution is 7.16. The number of hydrogen-bond donors (Lipinski definition) is 1. The normalized spacial score (nSPS) is 13.2. The van der Waals surface area contributed by atoms with Gasteiger partial charge in [-0.05, 0) is 42.5 Å². The lowest BCUT2D eigenvalue weighted by molar-refractivity contribution is -0.137. The number of rotatable bonds is 4. The van der Waals surface area contributed by atoms with Gasteiger partial charge in [-0.15, -0.1) is 11.3 Å². The molecule has 0 aliphatic heterocycles. The van der Waals surface area contributed by atoms with Gasteiger partial charge in [-0.2, -0.15) is 13.2 Å². The number of fused-ring (bicyclic) bond motifs is 1. The Labute approximate surface area is 155 Å². The molecule has 1 atom stereocenters. The van der Waals surface area contributed by atoms with Crippen LogP contribution in [0, 0.1) is 0 Å². The van der Waals surface area contributed by atoms with E-state index in [-0.39, 0.29) is 16.1 Å². The van der Waals surface area contributed by atoms with Crippen molar-refractivity contribution in [3.63, 3.8) is 0 Å². The van der Waals surface area contributed by atoms with E-state index in [9.17, 15) is 13.2 Å². The van der Waals surface area contributed by atoms with Crippen LogP contribution >= 0.6 is 34.5 Å². The second-order valence-electron chi connectivity index (χ2n) is 5.53. The lowest BCUT2D eigenvalue weighted by Gasteiger charge is -2.18. The molecule has 0 fully saturated rings. The van der Waals surface area contributed by atoms with Gasteiger partial charge in [0.05, 0.1) is 10.9 Å². The number of nitrogens with zero attached hydrogens (tertiary/aromatic N) is 2. The molecule has 3 nitrogen and oxygen atoms in total. The lowest BCUT2D eigenvalue weighted by Crippen LogP contribution is -2.19. The van der Waals surface area contributed by atoms with Crippen LogP contribution in [-0.4, -0.2) is 16.0 Å². The Morgan fingerprint density at radius 2 is 1.88 bits per heavy atom. The van der Waals surface area contributed by atoms with Crippen molar-refractivity contribution in [2.45, 2.75) is 25.6 Å². The van der Waals surface area contributed by atoms with E-state index in [1.54, 1.807) is 0 Å². The average molecular weight is 406 g/mol. The van der Waals surface area contributed by atoms with Gasteiger partial charge in [-0.1, -0.05) is 23.2 Å². The van der Waals surface area contributed by atoms with E-state index in [1.165, 1.54) is 17.7 Å². The monoisotopic (exact) mass is 405 g/mol. The molecule has 0 saturated heterocycles. The standard InChI is InChI=1S/C16H12Cl2F3N3S/c1-8(24-14-10-2-3-25-15(10)23-7-22-14)4-11-12(17)5-9(6-13(11)18)16(19,20)21/h2-3,5-8H,4H2,1H3,(H,22,23,24). The van der Waals surface area contributed by atoms with Crippen molar-refractivity contribution in [3.8, 4) is 0 Å². The van der Waals surface area contributed by atoms with Crippen LogP contribution in [-0.2, 0) is 12.6 Å². The molecule has 0 aliphatic carbocycles. The first-order chi connectivity index (χ1) is 11.8. The molecule has 1 N–H and O–H groups in total. The number of alkyl halides is 3. The molecule has 3 rings (SSSR count). The van der Waals surface area contributed by atoms with E-state index in [1.807, 2.05) is 18.4 Å². The summed E-state index contributed by atoms with van der Waals surface area (Å²) in [6.45, 7) is 1.88. The Hall–Kier alpha value is -1.57. The first kappa shape index (κ1) is 18.2. The van der Waals surface area contributed by atoms with E-state index < -0.39 is 11.7 Å². The van der Waals surface area contributed by atoms with Crippen molar-refractivity contribution in [2.24, 2.45) is 0 Å². The molecule has 0 bridgehead atoms. The fraction of sp³-hybridized carbons (Fsp3) is 0.250. The number of thiophene rings is 1. The molecule has 0 saturated carbocycles. The van der Waals surface area contributed by atoms with Crippen LogP contribution in [0.3, 0.4) is 0 Å². The minimum atomic E-state index is -4.48. The molecular formula is C16H12Cl2F3N3S. The molecule has 9 heteroatoms. The van der Waals surface area contributed by atoms with Crippen LogP contribution in [0.25, 0.3) is 10.2 Å². The summed E-state index contributed by atoms with van der Waals surface area (Å²) in [6, 6.07) is 3.56. The van der Waals surface area contributed by atoms with Gasteiger partial charge in [0.25, 0.3) is 0 Å². The predicted molar refractivity (Wildman–Crippen MR) is 95.7 cm³/mol. The minimum absolute atomic E-state index is 0.00292. The molecule has 132 valence electrons. The van der Waals surface area contributed by atoms with E-state index >= 15 is 0 Å². The van der Waals surface area contributed by atoms with Crippen LogP contribution in [0.2, 0.25) is 10.0 Å². The van der Waals surface area contributed by atoms with Crippen LogP contribution in [0.4, 0.5) is 19.0 Å².